The second-order valence-corrected chi connectivity index (χ2v) is 5.29. The van der Waals surface area contributed by atoms with Gasteiger partial charge in [0.25, 0.3) is 5.91 Å². The first-order valence-corrected chi connectivity index (χ1v) is 7.83. The Morgan fingerprint density at radius 3 is 2.35 bits per heavy atom. The highest BCUT2D eigenvalue weighted by Gasteiger charge is 2.28. The summed E-state index contributed by atoms with van der Waals surface area (Å²) in [5, 5.41) is 4.57. The Morgan fingerprint density at radius 2 is 1.88 bits per heavy atom. The fourth-order valence-electron chi connectivity index (χ4n) is 1.52. The lowest BCUT2D eigenvalue weighted by Gasteiger charge is -2.30. The van der Waals surface area contributed by atoms with Crippen LogP contribution in [0.25, 0.3) is 0 Å². The summed E-state index contributed by atoms with van der Waals surface area (Å²) in [5.74, 6) is -0.0103. The van der Waals surface area contributed by atoms with Gasteiger partial charge in [0.1, 0.15) is 0 Å². The largest absolute Gasteiger partial charge is 0.345 e. The van der Waals surface area contributed by atoms with Gasteiger partial charge < -0.3 is 5.32 Å². The maximum absolute atomic E-state index is 12.2. The average Bonchev–Trinajstić information content (AvgIpc) is 2.36. The number of amides is 1. The van der Waals surface area contributed by atoms with Crippen molar-refractivity contribution in [3.05, 3.63) is 35.4 Å². The first-order chi connectivity index (χ1) is 8.08. The Balaban J connectivity index is 2.89. The highest BCUT2D eigenvalue weighted by atomic mass is 79.9. The van der Waals surface area contributed by atoms with Crippen LogP contribution >= 0.6 is 31.9 Å². The maximum atomic E-state index is 12.2. The van der Waals surface area contributed by atoms with Gasteiger partial charge in [0.2, 0.25) is 0 Å². The van der Waals surface area contributed by atoms with E-state index in [1.807, 2.05) is 31.2 Å². The summed E-state index contributed by atoms with van der Waals surface area (Å²) < 4.78 is 0. The van der Waals surface area contributed by atoms with Gasteiger partial charge in [0.05, 0.1) is 5.54 Å². The van der Waals surface area contributed by atoms with Gasteiger partial charge in [-0.15, -0.1) is 0 Å². The van der Waals surface area contributed by atoms with Gasteiger partial charge in [-0.3, -0.25) is 4.79 Å². The van der Waals surface area contributed by atoms with E-state index in [-0.39, 0.29) is 11.4 Å². The average molecular weight is 363 g/mol. The standard InChI is InChI=1S/C13H17Br2NO/c1-3-13(8-14,9-15)16-12(17)11-7-5-4-6-10(11)2/h4-7H,3,8-9H2,1-2H3,(H,16,17). The lowest BCUT2D eigenvalue weighted by atomic mass is 10.00. The van der Waals surface area contributed by atoms with Crippen LogP contribution in [0.15, 0.2) is 24.3 Å². The zero-order chi connectivity index (χ0) is 12.9. The van der Waals surface area contributed by atoms with Crippen LogP contribution in [0.3, 0.4) is 0 Å². The predicted molar refractivity (Wildman–Crippen MR) is 79.3 cm³/mol. The van der Waals surface area contributed by atoms with Crippen LogP contribution in [0.2, 0.25) is 0 Å². The van der Waals surface area contributed by atoms with Crippen molar-refractivity contribution in [2.75, 3.05) is 10.7 Å². The lowest BCUT2D eigenvalue weighted by molar-refractivity contribution is 0.0915. The number of carbonyl (C=O) groups is 1. The molecule has 0 aliphatic heterocycles. The summed E-state index contributed by atoms with van der Waals surface area (Å²) >= 11 is 6.94. The highest BCUT2D eigenvalue weighted by molar-refractivity contribution is 9.09. The molecule has 2 nitrogen and oxygen atoms in total. The molecule has 0 saturated carbocycles. The summed E-state index contributed by atoms with van der Waals surface area (Å²) in [6, 6.07) is 7.63. The van der Waals surface area contributed by atoms with Gasteiger partial charge in [0, 0.05) is 16.2 Å². The summed E-state index contributed by atoms with van der Waals surface area (Å²) in [6.45, 7) is 4.02. The number of halogens is 2. The molecule has 1 aromatic rings. The molecule has 0 unspecified atom stereocenters. The molecule has 1 aromatic carbocycles. The molecule has 1 N–H and O–H groups in total. The second kappa shape index (κ2) is 6.55. The van der Waals surface area contributed by atoms with Crippen LogP contribution in [0.4, 0.5) is 0 Å². The van der Waals surface area contributed by atoms with Crippen LogP contribution < -0.4 is 5.32 Å². The molecular weight excluding hydrogens is 346 g/mol. The number of rotatable bonds is 5. The highest BCUT2D eigenvalue weighted by Crippen LogP contribution is 2.18. The maximum Gasteiger partial charge on any atom is 0.252 e. The molecule has 0 aliphatic rings. The van der Waals surface area contributed by atoms with Gasteiger partial charge in [-0.1, -0.05) is 57.0 Å². The monoisotopic (exact) mass is 361 g/mol. The normalized spacial score (nSPS) is 11.3. The van der Waals surface area contributed by atoms with Crippen LogP contribution in [-0.4, -0.2) is 22.1 Å². The minimum absolute atomic E-state index is 0.0103. The molecule has 4 heteroatoms. The van der Waals surface area contributed by atoms with E-state index in [0.29, 0.717) is 0 Å². The third kappa shape index (κ3) is 3.55. The van der Waals surface area contributed by atoms with E-state index in [2.05, 4.69) is 44.1 Å². The Kier molecular flexibility index (Phi) is 5.67. The van der Waals surface area contributed by atoms with Crippen LogP contribution in [0.1, 0.15) is 29.3 Å². The first kappa shape index (κ1) is 14.7. The number of hydrogen-bond donors (Lipinski definition) is 1. The second-order valence-electron chi connectivity index (χ2n) is 4.17. The zero-order valence-corrected chi connectivity index (χ0v) is 13.3. The number of alkyl halides is 2. The van der Waals surface area contributed by atoms with E-state index in [4.69, 9.17) is 0 Å². The molecular formula is C13H17Br2NO. The molecule has 94 valence electrons. The van der Waals surface area contributed by atoms with Crippen molar-refractivity contribution in [2.24, 2.45) is 0 Å². The molecule has 17 heavy (non-hydrogen) atoms. The number of aryl methyl sites for hydroxylation is 1. The minimum atomic E-state index is -0.223. The Labute approximate surface area is 119 Å². The molecule has 0 aromatic heterocycles. The molecule has 0 saturated heterocycles. The van der Waals surface area contributed by atoms with E-state index < -0.39 is 0 Å². The van der Waals surface area contributed by atoms with Gasteiger partial charge in [0.15, 0.2) is 0 Å². The van der Waals surface area contributed by atoms with Crippen molar-refractivity contribution in [1.82, 2.24) is 5.32 Å². The summed E-state index contributed by atoms with van der Waals surface area (Å²) in [7, 11) is 0. The smallest absolute Gasteiger partial charge is 0.252 e. The topological polar surface area (TPSA) is 29.1 Å². The molecule has 0 spiro atoms. The van der Waals surface area contributed by atoms with E-state index in [0.717, 1.165) is 28.2 Å². The molecule has 0 heterocycles. The number of hydrogen-bond acceptors (Lipinski definition) is 1. The Bertz CT molecular complexity index is 380. The summed E-state index contributed by atoms with van der Waals surface area (Å²) in [6.07, 6.45) is 0.876. The SMILES string of the molecule is CCC(CBr)(CBr)NC(=O)c1ccccc1C. The zero-order valence-electron chi connectivity index (χ0n) is 10.1. The Hall–Kier alpha value is -0.350. The van der Waals surface area contributed by atoms with Crippen molar-refractivity contribution >= 4 is 37.8 Å². The number of carbonyl (C=O) groups excluding carboxylic acids is 1. The molecule has 0 bridgehead atoms. The number of nitrogens with one attached hydrogen (secondary N) is 1. The minimum Gasteiger partial charge on any atom is -0.345 e. The van der Waals surface area contributed by atoms with E-state index in [1.54, 1.807) is 0 Å². The quantitative estimate of drug-likeness (QED) is 0.795. The van der Waals surface area contributed by atoms with Crippen LogP contribution in [0.5, 0.6) is 0 Å². The first-order valence-electron chi connectivity index (χ1n) is 5.58. The molecule has 0 atom stereocenters. The summed E-state index contributed by atoms with van der Waals surface area (Å²) in [4.78, 5) is 12.2. The fraction of sp³-hybridized carbons (Fsp3) is 0.462. The van der Waals surface area contributed by atoms with Crippen molar-refractivity contribution in [1.29, 1.82) is 0 Å². The van der Waals surface area contributed by atoms with E-state index in [1.165, 1.54) is 0 Å². The molecule has 0 aliphatic carbocycles. The lowest BCUT2D eigenvalue weighted by Crippen LogP contribution is -2.51. The van der Waals surface area contributed by atoms with Crippen molar-refractivity contribution < 1.29 is 4.79 Å². The predicted octanol–water partition coefficient (Wildman–Crippen LogP) is 3.66. The molecule has 1 amide bonds. The molecule has 0 radical (unpaired) electrons. The van der Waals surface area contributed by atoms with E-state index >= 15 is 0 Å². The van der Waals surface area contributed by atoms with Crippen molar-refractivity contribution in [3.63, 3.8) is 0 Å². The van der Waals surface area contributed by atoms with Gasteiger partial charge in [-0.25, -0.2) is 0 Å². The van der Waals surface area contributed by atoms with Crippen LogP contribution in [-0.2, 0) is 0 Å². The van der Waals surface area contributed by atoms with Gasteiger partial charge in [-0.2, -0.15) is 0 Å². The molecule has 1 rings (SSSR count). The number of benzene rings is 1. The van der Waals surface area contributed by atoms with Crippen LogP contribution in [0, 0.1) is 6.92 Å². The fourth-order valence-corrected chi connectivity index (χ4v) is 3.52. The van der Waals surface area contributed by atoms with Gasteiger partial charge in [-0.05, 0) is 25.0 Å². The third-order valence-corrected chi connectivity index (χ3v) is 5.10. The van der Waals surface area contributed by atoms with Gasteiger partial charge >= 0.3 is 0 Å². The van der Waals surface area contributed by atoms with E-state index in [9.17, 15) is 4.79 Å². The van der Waals surface area contributed by atoms with Crippen molar-refractivity contribution in [2.45, 2.75) is 25.8 Å². The third-order valence-electron chi connectivity index (χ3n) is 2.96. The molecule has 0 fully saturated rings. The Morgan fingerprint density at radius 1 is 1.29 bits per heavy atom. The van der Waals surface area contributed by atoms with Crippen molar-refractivity contribution in [3.8, 4) is 0 Å². The summed E-state index contributed by atoms with van der Waals surface area (Å²) in [5.41, 5.74) is 1.52.